The molecule has 1 saturated heterocycles. The van der Waals surface area contributed by atoms with Gasteiger partial charge >= 0.3 is 0 Å². The van der Waals surface area contributed by atoms with Gasteiger partial charge in [0, 0.05) is 50.0 Å². The number of hydrogen-bond donors (Lipinski definition) is 0. The Kier molecular flexibility index (Phi) is 6.11. The minimum absolute atomic E-state index is 0.692. The molecule has 1 aliphatic rings. The molecule has 0 radical (unpaired) electrons. The van der Waals surface area contributed by atoms with E-state index in [0.29, 0.717) is 5.75 Å². The van der Waals surface area contributed by atoms with Crippen LogP contribution in [0.15, 0.2) is 30.3 Å². The molecule has 0 aliphatic carbocycles. The minimum atomic E-state index is 0.692. The van der Waals surface area contributed by atoms with Crippen LogP contribution >= 0.6 is 0 Å². The zero-order valence-electron chi connectivity index (χ0n) is 17.0. The highest BCUT2D eigenvalue weighted by Crippen LogP contribution is 2.35. The van der Waals surface area contributed by atoms with Crippen LogP contribution in [0, 0.1) is 13.8 Å². The molecule has 1 fully saturated rings. The Balaban J connectivity index is 1.70. The monoisotopic (exact) mass is 370 g/mol. The largest absolute Gasteiger partial charge is 0.496 e. The number of piperazine rings is 1. The lowest BCUT2D eigenvalue weighted by molar-refractivity contribution is 0.245. The van der Waals surface area contributed by atoms with Gasteiger partial charge in [-0.15, -0.1) is 0 Å². The van der Waals surface area contributed by atoms with Crippen molar-refractivity contribution in [2.75, 3.05) is 52.4 Å². The first-order valence-electron chi connectivity index (χ1n) is 9.39. The van der Waals surface area contributed by atoms with Gasteiger partial charge in [-0.25, -0.2) is 0 Å². The van der Waals surface area contributed by atoms with Crippen LogP contribution < -0.4 is 19.1 Å². The average molecular weight is 370 g/mol. The van der Waals surface area contributed by atoms with Crippen molar-refractivity contribution in [3.8, 4) is 17.2 Å². The first-order chi connectivity index (χ1) is 13.1. The third-order valence-corrected chi connectivity index (χ3v) is 5.47. The van der Waals surface area contributed by atoms with Crippen LogP contribution in [0.3, 0.4) is 0 Å². The van der Waals surface area contributed by atoms with Crippen LogP contribution in [0.5, 0.6) is 17.2 Å². The van der Waals surface area contributed by atoms with Gasteiger partial charge in [0.05, 0.1) is 21.3 Å². The summed E-state index contributed by atoms with van der Waals surface area (Å²) in [6, 6.07) is 10.5. The Morgan fingerprint density at radius 3 is 2.07 bits per heavy atom. The number of hydrogen-bond acceptors (Lipinski definition) is 5. The Morgan fingerprint density at radius 2 is 1.44 bits per heavy atom. The standard InChI is InChI=1S/C22H30N2O3/c1-16-7-6-8-19(17(16)2)24-11-9-23(10-12-24)15-18-13-21(26-4)22(27-5)14-20(18)25-3/h6-8,13-14H,9-12,15H2,1-5H3. The van der Waals surface area contributed by atoms with Gasteiger partial charge in [0.1, 0.15) is 5.75 Å². The molecule has 5 nitrogen and oxygen atoms in total. The van der Waals surface area contributed by atoms with E-state index in [0.717, 1.165) is 49.8 Å². The molecule has 1 heterocycles. The van der Waals surface area contributed by atoms with E-state index >= 15 is 0 Å². The van der Waals surface area contributed by atoms with Crippen LogP contribution in [-0.4, -0.2) is 52.4 Å². The second kappa shape index (κ2) is 8.53. The zero-order chi connectivity index (χ0) is 19.4. The van der Waals surface area contributed by atoms with E-state index in [9.17, 15) is 0 Å². The Bertz CT molecular complexity index is 783. The average Bonchev–Trinajstić information content (AvgIpc) is 2.70. The highest BCUT2D eigenvalue weighted by Gasteiger charge is 2.21. The number of methoxy groups -OCH3 is 3. The van der Waals surface area contributed by atoms with Gasteiger partial charge in [0.25, 0.3) is 0 Å². The summed E-state index contributed by atoms with van der Waals surface area (Å²) in [5.41, 5.74) is 5.21. The fourth-order valence-corrected chi connectivity index (χ4v) is 3.68. The molecule has 2 aromatic carbocycles. The van der Waals surface area contributed by atoms with E-state index in [1.165, 1.54) is 16.8 Å². The van der Waals surface area contributed by atoms with Crippen LogP contribution in [0.4, 0.5) is 5.69 Å². The van der Waals surface area contributed by atoms with E-state index in [1.54, 1.807) is 21.3 Å². The number of anilines is 1. The Morgan fingerprint density at radius 1 is 0.815 bits per heavy atom. The highest BCUT2D eigenvalue weighted by molar-refractivity contribution is 5.56. The van der Waals surface area contributed by atoms with Crippen molar-refractivity contribution in [2.45, 2.75) is 20.4 Å². The normalized spacial score (nSPS) is 14.9. The lowest BCUT2D eigenvalue weighted by atomic mass is 10.1. The zero-order valence-corrected chi connectivity index (χ0v) is 17.0. The summed E-state index contributed by atoms with van der Waals surface area (Å²) in [5, 5.41) is 0. The Labute approximate surface area is 162 Å². The van der Waals surface area contributed by atoms with E-state index in [1.807, 2.05) is 12.1 Å². The molecule has 0 spiro atoms. The predicted molar refractivity (Wildman–Crippen MR) is 110 cm³/mol. The molecule has 0 aromatic heterocycles. The highest BCUT2D eigenvalue weighted by atomic mass is 16.5. The van der Waals surface area contributed by atoms with Crippen LogP contribution in [0.25, 0.3) is 0 Å². The first-order valence-corrected chi connectivity index (χ1v) is 9.39. The number of aryl methyl sites for hydroxylation is 1. The number of benzene rings is 2. The number of nitrogens with zero attached hydrogens (tertiary/aromatic N) is 2. The summed E-state index contributed by atoms with van der Waals surface area (Å²) in [4.78, 5) is 4.95. The SMILES string of the molecule is COc1cc(OC)c(OC)cc1CN1CCN(c2cccc(C)c2C)CC1. The van der Waals surface area contributed by atoms with Crippen LogP contribution in [0.2, 0.25) is 0 Å². The maximum Gasteiger partial charge on any atom is 0.164 e. The molecule has 3 rings (SSSR count). The maximum atomic E-state index is 5.58. The summed E-state index contributed by atoms with van der Waals surface area (Å²) < 4.78 is 16.4. The minimum Gasteiger partial charge on any atom is -0.496 e. The van der Waals surface area contributed by atoms with E-state index < -0.39 is 0 Å². The third kappa shape index (κ3) is 4.14. The molecular weight excluding hydrogens is 340 g/mol. The van der Waals surface area contributed by atoms with Gasteiger partial charge in [-0.3, -0.25) is 4.90 Å². The fraction of sp³-hybridized carbons (Fsp3) is 0.455. The second-order valence-corrected chi connectivity index (χ2v) is 7.00. The number of rotatable bonds is 6. The van der Waals surface area contributed by atoms with Crippen LogP contribution in [-0.2, 0) is 6.54 Å². The van der Waals surface area contributed by atoms with Crippen molar-refractivity contribution in [2.24, 2.45) is 0 Å². The van der Waals surface area contributed by atoms with Crippen LogP contribution in [0.1, 0.15) is 16.7 Å². The maximum absolute atomic E-state index is 5.58. The van der Waals surface area contributed by atoms with Crippen molar-refractivity contribution in [1.29, 1.82) is 0 Å². The third-order valence-electron chi connectivity index (χ3n) is 5.47. The van der Waals surface area contributed by atoms with Crippen molar-refractivity contribution in [1.82, 2.24) is 4.90 Å². The summed E-state index contributed by atoms with van der Waals surface area (Å²) in [6.45, 7) is 9.32. The quantitative estimate of drug-likeness (QED) is 0.775. The molecule has 0 bridgehead atoms. The smallest absolute Gasteiger partial charge is 0.164 e. The molecule has 5 heteroatoms. The molecule has 0 unspecified atom stereocenters. The summed E-state index contributed by atoms with van der Waals surface area (Å²) in [7, 11) is 5.00. The van der Waals surface area contributed by atoms with Gasteiger partial charge in [-0.05, 0) is 37.1 Å². The predicted octanol–water partition coefficient (Wildman–Crippen LogP) is 3.65. The van der Waals surface area contributed by atoms with Gasteiger partial charge in [-0.2, -0.15) is 0 Å². The molecule has 0 saturated carbocycles. The van der Waals surface area contributed by atoms with Gasteiger partial charge in [0.15, 0.2) is 11.5 Å². The van der Waals surface area contributed by atoms with Crippen molar-refractivity contribution < 1.29 is 14.2 Å². The summed E-state index contributed by atoms with van der Waals surface area (Å²) in [6.07, 6.45) is 0. The number of ether oxygens (including phenoxy) is 3. The molecule has 27 heavy (non-hydrogen) atoms. The Hall–Kier alpha value is -2.40. The summed E-state index contributed by atoms with van der Waals surface area (Å²) in [5.74, 6) is 2.27. The molecule has 0 amide bonds. The molecule has 146 valence electrons. The lowest BCUT2D eigenvalue weighted by Gasteiger charge is -2.37. The van der Waals surface area contributed by atoms with E-state index in [2.05, 4.69) is 41.8 Å². The van der Waals surface area contributed by atoms with Crippen molar-refractivity contribution in [3.05, 3.63) is 47.0 Å². The topological polar surface area (TPSA) is 34.2 Å². The molecule has 0 atom stereocenters. The van der Waals surface area contributed by atoms with Gasteiger partial charge in [0.2, 0.25) is 0 Å². The van der Waals surface area contributed by atoms with Gasteiger partial charge in [-0.1, -0.05) is 12.1 Å². The van der Waals surface area contributed by atoms with E-state index in [4.69, 9.17) is 14.2 Å². The van der Waals surface area contributed by atoms with Crippen molar-refractivity contribution in [3.63, 3.8) is 0 Å². The first kappa shape index (κ1) is 19.4. The second-order valence-electron chi connectivity index (χ2n) is 7.00. The van der Waals surface area contributed by atoms with E-state index in [-0.39, 0.29) is 0 Å². The molecule has 2 aromatic rings. The lowest BCUT2D eigenvalue weighted by Crippen LogP contribution is -2.46. The van der Waals surface area contributed by atoms with Gasteiger partial charge < -0.3 is 19.1 Å². The summed E-state index contributed by atoms with van der Waals surface area (Å²) >= 11 is 0. The van der Waals surface area contributed by atoms with Crippen molar-refractivity contribution >= 4 is 5.69 Å². The molecule has 0 N–H and O–H groups in total. The fourth-order valence-electron chi connectivity index (χ4n) is 3.68. The molecular formula is C22H30N2O3. The molecule has 1 aliphatic heterocycles.